The van der Waals surface area contributed by atoms with Gasteiger partial charge in [0.1, 0.15) is 6.04 Å². The van der Waals surface area contributed by atoms with E-state index in [0.717, 1.165) is 19.6 Å². The molecule has 0 bridgehead atoms. The number of hydrogen-bond donors (Lipinski definition) is 1. The van der Waals surface area contributed by atoms with Crippen molar-refractivity contribution in [1.29, 1.82) is 0 Å². The molecule has 1 N–H and O–H groups in total. The number of methoxy groups -OCH3 is 1. The summed E-state index contributed by atoms with van der Waals surface area (Å²) >= 11 is 0. The zero-order chi connectivity index (χ0) is 10.8. The minimum absolute atomic E-state index is 0.119. The highest BCUT2D eigenvalue weighted by Gasteiger charge is 2.31. The molecular weight excluding hydrogens is 180 g/mol. The summed E-state index contributed by atoms with van der Waals surface area (Å²) < 4.78 is 4.72. The van der Waals surface area contributed by atoms with Crippen molar-refractivity contribution in [3.63, 3.8) is 0 Å². The Morgan fingerprint density at radius 1 is 1.50 bits per heavy atom. The standard InChI is InChI=1S/C10H20N2O2/c1-10(2,3)12-6-5-11-8(7-12)9(13)14-4/h8,11H,5-7H2,1-4H3. The molecular formula is C10H20N2O2. The molecule has 0 aromatic rings. The number of nitrogens with zero attached hydrogens (tertiary/aromatic N) is 1. The first-order valence-electron chi connectivity index (χ1n) is 5.01. The number of hydrogen-bond acceptors (Lipinski definition) is 4. The Morgan fingerprint density at radius 2 is 2.14 bits per heavy atom. The largest absolute Gasteiger partial charge is 0.468 e. The summed E-state index contributed by atoms with van der Waals surface area (Å²) in [6.07, 6.45) is 0. The summed E-state index contributed by atoms with van der Waals surface area (Å²) in [5.74, 6) is -0.168. The van der Waals surface area contributed by atoms with Crippen LogP contribution in [0.3, 0.4) is 0 Å². The lowest BCUT2D eigenvalue weighted by molar-refractivity contribution is -0.144. The van der Waals surface area contributed by atoms with Crippen LogP contribution in [0.2, 0.25) is 0 Å². The lowest BCUT2D eigenvalue weighted by Crippen LogP contribution is -2.59. The summed E-state index contributed by atoms with van der Waals surface area (Å²) in [6.45, 7) is 9.04. The van der Waals surface area contributed by atoms with Gasteiger partial charge in [-0.2, -0.15) is 0 Å². The summed E-state index contributed by atoms with van der Waals surface area (Å²) in [5, 5.41) is 3.16. The number of piperazine rings is 1. The minimum atomic E-state index is -0.173. The van der Waals surface area contributed by atoms with E-state index < -0.39 is 0 Å². The summed E-state index contributed by atoms with van der Waals surface area (Å²) in [6, 6.07) is -0.173. The van der Waals surface area contributed by atoms with Gasteiger partial charge < -0.3 is 10.1 Å². The number of carbonyl (C=O) groups is 1. The Balaban J connectivity index is 2.56. The SMILES string of the molecule is COC(=O)C1CN(C(C)(C)C)CCN1. The van der Waals surface area contributed by atoms with Crippen molar-refractivity contribution in [3.8, 4) is 0 Å². The third-order valence-corrected chi connectivity index (χ3v) is 2.61. The first-order valence-corrected chi connectivity index (χ1v) is 5.01. The fraction of sp³-hybridized carbons (Fsp3) is 0.900. The van der Waals surface area contributed by atoms with Gasteiger partial charge in [-0.15, -0.1) is 0 Å². The zero-order valence-electron chi connectivity index (χ0n) is 9.46. The van der Waals surface area contributed by atoms with E-state index in [1.807, 2.05) is 0 Å². The fourth-order valence-corrected chi connectivity index (χ4v) is 1.66. The molecule has 1 rings (SSSR count). The second kappa shape index (κ2) is 4.28. The molecule has 1 fully saturated rings. The van der Waals surface area contributed by atoms with Gasteiger partial charge in [0, 0.05) is 25.2 Å². The van der Waals surface area contributed by atoms with Gasteiger partial charge in [0.25, 0.3) is 0 Å². The summed E-state index contributed by atoms with van der Waals surface area (Å²) in [4.78, 5) is 13.6. The topological polar surface area (TPSA) is 41.6 Å². The van der Waals surface area contributed by atoms with Crippen molar-refractivity contribution >= 4 is 5.97 Å². The summed E-state index contributed by atoms with van der Waals surface area (Å²) in [5.41, 5.74) is 0.119. The maximum absolute atomic E-state index is 11.3. The monoisotopic (exact) mass is 200 g/mol. The van der Waals surface area contributed by atoms with Gasteiger partial charge >= 0.3 is 5.97 Å². The van der Waals surface area contributed by atoms with E-state index in [-0.39, 0.29) is 17.6 Å². The summed E-state index contributed by atoms with van der Waals surface area (Å²) in [7, 11) is 1.43. The van der Waals surface area contributed by atoms with E-state index in [9.17, 15) is 4.79 Å². The molecule has 1 heterocycles. The smallest absolute Gasteiger partial charge is 0.324 e. The van der Waals surface area contributed by atoms with Gasteiger partial charge in [0.05, 0.1) is 7.11 Å². The van der Waals surface area contributed by atoms with Crippen LogP contribution in [0.5, 0.6) is 0 Å². The molecule has 4 heteroatoms. The molecule has 4 nitrogen and oxygen atoms in total. The van der Waals surface area contributed by atoms with E-state index in [0.29, 0.717) is 0 Å². The highest BCUT2D eigenvalue weighted by molar-refractivity contribution is 5.76. The van der Waals surface area contributed by atoms with E-state index in [4.69, 9.17) is 4.74 Å². The number of esters is 1. The van der Waals surface area contributed by atoms with Crippen LogP contribution in [-0.4, -0.2) is 49.2 Å². The Morgan fingerprint density at radius 3 is 2.64 bits per heavy atom. The van der Waals surface area contributed by atoms with Gasteiger partial charge in [-0.1, -0.05) is 0 Å². The highest BCUT2D eigenvalue weighted by atomic mass is 16.5. The molecule has 0 radical (unpaired) electrons. The van der Waals surface area contributed by atoms with Crippen LogP contribution in [0.1, 0.15) is 20.8 Å². The first-order chi connectivity index (χ1) is 6.45. The second-order valence-electron chi connectivity index (χ2n) is 4.65. The Labute approximate surface area is 85.6 Å². The predicted octanol–water partition coefficient (Wildman–Crippen LogP) is 0.232. The van der Waals surface area contributed by atoms with Crippen LogP contribution in [-0.2, 0) is 9.53 Å². The molecule has 0 aliphatic carbocycles. The van der Waals surface area contributed by atoms with Crippen LogP contribution >= 0.6 is 0 Å². The van der Waals surface area contributed by atoms with E-state index in [1.54, 1.807) is 0 Å². The average Bonchev–Trinajstić information content (AvgIpc) is 2.15. The Hall–Kier alpha value is -0.610. The molecule has 1 aliphatic rings. The molecule has 0 spiro atoms. The van der Waals surface area contributed by atoms with Crippen LogP contribution in [0.15, 0.2) is 0 Å². The molecule has 1 aliphatic heterocycles. The van der Waals surface area contributed by atoms with E-state index >= 15 is 0 Å². The minimum Gasteiger partial charge on any atom is -0.468 e. The number of rotatable bonds is 1. The molecule has 0 saturated carbocycles. The average molecular weight is 200 g/mol. The molecule has 82 valence electrons. The predicted molar refractivity (Wildman–Crippen MR) is 55.1 cm³/mol. The van der Waals surface area contributed by atoms with Gasteiger partial charge in [0.15, 0.2) is 0 Å². The fourth-order valence-electron chi connectivity index (χ4n) is 1.66. The van der Waals surface area contributed by atoms with Gasteiger partial charge in [0.2, 0.25) is 0 Å². The molecule has 14 heavy (non-hydrogen) atoms. The Bertz CT molecular complexity index is 211. The maximum atomic E-state index is 11.3. The van der Waals surface area contributed by atoms with Crippen molar-refractivity contribution in [2.24, 2.45) is 0 Å². The number of carbonyl (C=O) groups excluding carboxylic acids is 1. The van der Waals surface area contributed by atoms with Gasteiger partial charge in [-0.05, 0) is 20.8 Å². The van der Waals surface area contributed by atoms with Crippen molar-refractivity contribution in [3.05, 3.63) is 0 Å². The van der Waals surface area contributed by atoms with E-state index in [1.165, 1.54) is 7.11 Å². The molecule has 0 aromatic heterocycles. The molecule has 1 unspecified atom stereocenters. The van der Waals surface area contributed by atoms with Crippen molar-refractivity contribution in [1.82, 2.24) is 10.2 Å². The molecule has 1 saturated heterocycles. The second-order valence-corrected chi connectivity index (χ2v) is 4.65. The Kier molecular flexibility index (Phi) is 3.50. The number of ether oxygens (including phenoxy) is 1. The van der Waals surface area contributed by atoms with Crippen molar-refractivity contribution < 1.29 is 9.53 Å². The third-order valence-electron chi connectivity index (χ3n) is 2.61. The first kappa shape index (κ1) is 11.5. The third kappa shape index (κ3) is 2.69. The van der Waals surface area contributed by atoms with Gasteiger partial charge in [-0.25, -0.2) is 0 Å². The maximum Gasteiger partial charge on any atom is 0.324 e. The van der Waals surface area contributed by atoms with Crippen LogP contribution < -0.4 is 5.32 Å². The highest BCUT2D eigenvalue weighted by Crippen LogP contribution is 2.15. The molecule has 0 amide bonds. The lowest BCUT2D eigenvalue weighted by Gasteiger charge is -2.41. The van der Waals surface area contributed by atoms with Gasteiger partial charge in [-0.3, -0.25) is 9.69 Å². The quantitative estimate of drug-likeness (QED) is 0.615. The van der Waals surface area contributed by atoms with Crippen LogP contribution in [0.4, 0.5) is 0 Å². The normalized spacial score (nSPS) is 24.7. The van der Waals surface area contributed by atoms with Crippen LogP contribution in [0.25, 0.3) is 0 Å². The lowest BCUT2D eigenvalue weighted by atomic mass is 10.0. The molecule has 1 atom stereocenters. The van der Waals surface area contributed by atoms with E-state index in [2.05, 4.69) is 31.0 Å². The van der Waals surface area contributed by atoms with Crippen LogP contribution in [0, 0.1) is 0 Å². The van der Waals surface area contributed by atoms with Crippen molar-refractivity contribution in [2.75, 3.05) is 26.7 Å². The number of nitrogens with one attached hydrogen (secondary N) is 1. The zero-order valence-corrected chi connectivity index (χ0v) is 9.46. The molecule has 0 aromatic carbocycles. The van der Waals surface area contributed by atoms with Crippen molar-refractivity contribution in [2.45, 2.75) is 32.4 Å².